The van der Waals surface area contributed by atoms with Crippen molar-refractivity contribution in [2.75, 3.05) is 26.7 Å². The number of nitrogens with one attached hydrogen (secondary N) is 1. The van der Waals surface area contributed by atoms with Gasteiger partial charge in [0.1, 0.15) is 18.1 Å². The molecule has 0 unspecified atom stereocenters. The second-order valence-corrected chi connectivity index (χ2v) is 7.38. The zero-order valence-electron chi connectivity index (χ0n) is 17.3. The van der Waals surface area contributed by atoms with Crippen LogP contribution in [-0.4, -0.2) is 58.6 Å². The van der Waals surface area contributed by atoms with Gasteiger partial charge in [-0.15, -0.1) is 0 Å². The maximum Gasteiger partial charge on any atom is 0.331 e. The number of carbonyl (C=O) groups is 2. The molecule has 0 spiro atoms. The van der Waals surface area contributed by atoms with Crippen molar-refractivity contribution >= 4 is 11.9 Å². The standard InChI is InChI=1S/C21H25N5O4/c1-14-18(15(2)30-23-14)12-25-11-17(10-22-25)26-20(27)13-24(21(26)28)9-8-16-6-4-5-7-19(16)29-3/h4-7,11,22H,8-10,12-13H2,1-3H3. The van der Waals surface area contributed by atoms with Crippen molar-refractivity contribution in [3.8, 4) is 5.75 Å². The molecule has 158 valence electrons. The van der Waals surface area contributed by atoms with Gasteiger partial charge in [0.15, 0.2) is 0 Å². The van der Waals surface area contributed by atoms with Crippen LogP contribution in [0.1, 0.15) is 22.6 Å². The second kappa shape index (κ2) is 8.19. The largest absolute Gasteiger partial charge is 0.496 e. The summed E-state index contributed by atoms with van der Waals surface area (Å²) in [5.41, 5.74) is 6.65. The molecule has 3 heterocycles. The van der Waals surface area contributed by atoms with Crippen molar-refractivity contribution in [2.24, 2.45) is 0 Å². The van der Waals surface area contributed by atoms with E-state index in [1.807, 2.05) is 43.1 Å². The van der Waals surface area contributed by atoms with Gasteiger partial charge in [-0.2, -0.15) is 0 Å². The van der Waals surface area contributed by atoms with Gasteiger partial charge in [0, 0.05) is 18.3 Å². The molecule has 9 nitrogen and oxygen atoms in total. The van der Waals surface area contributed by atoms with Gasteiger partial charge in [-0.3, -0.25) is 4.79 Å². The average Bonchev–Trinajstić information content (AvgIpc) is 3.40. The first kappa shape index (κ1) is 20.0. The summed E-state index contributed by atoms with van der Waals surface area (Å²) in [7, 11) is 1.62. The SMILES string of the molecule is COc1ccccc1CCN1CC(=O)N(C2=CN(Cc3c(C)noc3C)NC2)C1=O. The summed E-state index contributed by atoms with van der Waals surface area (Å²) < 4.78 is 10.6. The molecule has 0 saturated carbocycles. The third-order valence-electron chi connectivity index (χ3n) is 5.45. The molecule has 1 aromatic heterocycles. The zero-order chi connectivity index (χ0) is 21.3. The Bertz CT molecular complexity index is 980. The number of benzene rings is 1. The van der Waals surface area contributed by atoms with Crippen molar-refractivity contribution in [3.63, 3.8) is 0 Å². The number of rotatable bonds is 7. The van der Waals surface area contributed by atoms with Gasteiger partial charge in [0.2, 0.25) is 0 Å². The van der Waals surface area contributed by atoms with Gasteiger partial charge in [0.25, 0.3) is 5.91 Å². The van der Waals surface area contributed by atoms with E-state index in [-0.39, 0.29) is 18.5 Å². The smallest absolute Gasteiger partial charge is 0.331 e. The number of aromatic nitrogens is 1. The van der Waals surface area contributed by atoms with Crippen LogP contribution < -0.4 is 10.2 Å². The maximum absolute atomic E-state index is 12.9. The van der Waals surface area contributed by atoms with E-state index >= 15 is 0 Å². The van der Waals surface area contributed by atoms with Crippen LogP contribution in [0.5, 0.6) is 5.75 Å². The Labute approximate surface area is 174 Å². The molecule has 2 aromatic rings. The van der Waals surface area contributed by atoms with Crippen LogP contribution in [0.4, 0.5) is 4.79 Å². The first-order chi connectivity index (χ1) is 14.5. The number of hydrazine groups is 1. The average molecular weight is 411 g/mol. The number of nitrogens with zero attached hydrogens (tertiary/aromatic N) is 4. The molecule has 3 amide bonds. The van der Waals surface area contributed by atoms with Crippen LogP contribution in [-0.2, 0) is 17.8 Å². The molecule has 1 saturated heterocycles. The molecular weight excluding hydrogens is 386 g/mol. The number of amides is 3. The first-order valence-corrected chi connectivity index (χ1v) is 9.84. The molecule has 1 aromatic carbocycles. The van der Waals surface area contributed by atoms with Crippen LogP contribution in [0, 0.1) is 13.8 Å². The Kier molecular flexibility index (Phi) is 5.45. The Hall–Kier alpha value is -3.33. The lowest BCUT2D eigenvalue weighted by Crippen LogP contribution is -2.35. The lowest BCUT2D eigenvalue weighted by molar-refractivity contribution is -0.124. The number of ether oxygens (including phenoxy) is 1. The molecule has 0 radical (unpaired) electrons. The monoisotopic (exact) mass is 411 g/mol. The summed E-state index contributed by atoms with van der Waals surface area (Å²) in [5, 5.41) is 5.81. The van der Waals surface area contributed by atoms with E-state index in [2.05, 4.69) is 10.6 Å². The Balaban J connectivity index is 1.41. The minimum atomic E-state index is -0.290. The normalized spacial score (nSPS) is 16.6. The summed E-state index contributed by atoms with van der Waals surface area (Å²) in [6, 6.07) is 7.41. The number of hydrogen-bond acceptors (Lipinski definition) is 7. The fraction of sp³-hybridized carbons (Fsp3) is 0.381. The van der Waals surface area contributed by atoms with Gasteiger partial charge in [-0.1, -0.05) is 23.4 Å². The molecular formula is C21H25N5O4. The van der Waals surface area contributed by atoms with Crippen molar-refractivity contribution in [1.29, 1.82) is 0 Å². The highest BCUT2D eigenvalue weighted by Gasteiger charge is 2.39. The van der Waals surface area contributed by atoms with Gasteiger partial charge < -0.3 is 19.2 Å². The molecule has 9 heteroatoms. The summed E-state index contributed by atoms with van der Waals surface area (Å²) in [6.45, 7) is 5.22. The minimum Gasteiger partial charge on any atom is -0.496 e. The van der Waals surface area contributed by atoms with Crippen molar-refractivity contribution < 1.29 is 18.8 Å². The predicted molar refractivity (Wildman–Crippen MR) is 108 cm³/mol. The van der Waals surface area contributed by atoms with Crippen LogP contribution in [0.25, 0.3) is 0 Å². The van der Waals surface area contributed by atoms with Crippen molar-refractivity contribution in [2.45, 2.75) is 26.8 Å². The number of aryl methyl sites for hydroxylation is 2. The highest BCUT2D eigenvalue weighted by Crippen LogP contribution is 2.23. The molecule has 2 aliphatic rings. The number of para-hydroxylation sites is 1. The number of methoxy groups -OCH3 is 1. The Morgan fingerprint density at radius 1 is 1.23 bits per heavy atom. The predicted octanol–water partition coefficient (Wildman–Crippen LogP) is 1.97. The van der Waals surface area contributed by atoms with E-state index in [1.54, 1.807) is 18.2 Å². The number of carbonyl (C=O) groups excluding carboxylic acids is 2. The van der Waals surface area contributed by atoms with E-state index in [0.717, 1.165) is 28.3 Å². The van der Waals surface area contributed by atoms with E-state index in [9.17, 15) is 9.59 Å². The van der Waals surface area contributed by atoms with Gasteiger partial charge in [-0.05, 0) is 31.9 Å². The number of hydrogen-bond donors (Lipinski definition) is 1. The van der Waals surface area contributed by atoms with Gasteiger partial charge >= 0.3 is 6.03 Å². The van der Waals surface area contributed by atoms with Gasteiger partial charge in [0.05, 0.1) is 31.6 Å². The van der Waals surface area contributed by atoms with Gasteiger partial charge in [-0.25, -0.2) is 15.1 Å². The lowest BCUT2D eigenvalue weighted by atomic mass is 10.1. The fourth-order valence-electron chi connectivity index (χ4n) is 3.76. The van der Waals surface area contributed by atoms with E-state index in [0.29, 0.717) is 31.8 Å². The van der Waals surface area contributed by atoms with Crippen molar-refractivity contribution in [3.05, 3.63) is 58.7 Å². The molecule has 0 aliphatic carbocycles. The summed E-state index contributed by atoms with van der Waals surface area (Å²) in [5.74, 6) is 1.32. The lowest BCUT2D eigenvalue weighted by Gasteiger charge is -2.17. The number of imide groups is 1. The molecule has 0 atom stereocenters. The fourth-order valence-corrected chi connectivity index (χ4v) is 3.76. The Morgan fingerprint density at radius 2 is 2.03 bits per heavy atom. The van der Waals surface area contributed by atoms with E-state index in [4.69, 9.17) is 9.26 Å². The molecule has 1 N–H and O–H groups in total. The van der Waals surface area contributed by atoms with E-state index in [1.165, 1.54) is 4.90 Å². The molecule has 0 bridgehead atoms. The first-order valence-electron chi connectivity index (χ1n) is 9.84. The zero-order valence-corrected chi connectivity index (χ0v) is 17.3. The molecule has 30 heavy (non-hydrogen) atoms. The topological polar surface area (TPSA) is 91.2 Å². The summed E-state index contributed by atoms with van der Waals surface area (Å²) in [4.78, 5) is 28.3. The van der Waals surface area contributed by atoms with Crippen LogP contribution in [0.2, 0.25) is 0 Å². The Morgan fingerprint density at radius 3 is 2.77 bits per heavy atom. The highest BCUT2D eigenvalue weighted by atomic mass is 16.5. The maximum atomic E-state index is 12.9. The number of urea groups is 1. The van der Waals surface area contributed by atoms with E-state index < -0.39 is 0 Å². The van der Waals surface area contributed by atoms with Crippen LogP contribution in [0.15, 0.2) is 40.7 Å². The van der Waals surface area contributed by atoms with Crippen molar-refractivity contribution in [1.82, 2.24) is 25.4 Å². The summed E-state index contributed by atoms with van der Waals surface area (Å²) >= 11 is 0. The highest BCUT2D eigenvalue weighted by molar-refractivity contribution is 6.03. The second-order valence-electron chi connectivity index (χ2n) is 7.38. The van der Waals surface area contributed by atoms with Crippen LogP contribution in [0.3, 0.4) is 0 Å². The van der Waals surface area contributed by atoms with Crippen LogP contribution >= 0.6 is 0 Å². The molecule has 4 rings (SSSR count). The molecule has 1 fully saturated rings. The third-order valence-corrected chi connectivity index (χ3v) is 5.45. The summed E-state index contributed by atoms with van der Waals surface area (Å²) in [6.07, 6.45) is 2.41. The molecule has 2 aliphatic heterocycles. The third kappa shape index (κ3) is 3.76. The quantitative estimate of drug-likeness (QED) is 0.697. The minimum absolute atomic E-state index is 0.0786.